The Hall–Kier alpha value is -3.01. The Bertz CT molecular complexity index is 925. The van der Waals surface area contributed by atoms with Gasteiger partial charge in [0.15, 0.2) is 0 Å². The molecule has 0 unspecified atom stereocenters. The number of rotatable bonds is 8. The standard InChI is InChI=1S/C25H32O9/c1-14-6-5-7-15(2)11-21(22-17(4)24(30)33-20(22)10-14)34-25(31)18(8-9-26)13-32-23(29)16(3)19(28)12-27/h7-8,10,19-22,26-28H,3-6,9,11-13H2,1-2H3/b14-10+,15-7+,18-8+/t19-,20-,21+,22+/m1/s1. The van der Waals surface area contributed by atoms with Crippen LogP contribution in [0.5, 0.6) is 0 Å². The minimum absolute atomic E-state index is 0.139. The predicted octanol–water partition coefficient (Wildman–Crippen LogP) is 1.44. The zero-order valence-corrected chi connectivity index (χ0v) is 19.5. The number of carbonyl (C=O) groups is 3. The fraction of sp³-hybridized carbons (Fsp3) is 0.480. The van der Waals surface area contributed by atoms with Gasteiger partial charge in [0.05, 0.1) is 30.3 Å². The number of ether oxygens (including phenoxy) is 3. The Kier molecular flexibility index (Phi) is 9.97. The molecule has 0 bridgehead atoms. The summed E-state index contributed by atoms with van der Waals surface area (Å²) in [6.45, 7) is 9.25. The molecule has 9 nitrogen and oxygen atoms in total. The first-order valence-electron chi connectivity index (χ1n) is 11.0. The SMILES string of the molecule is C=C1C(=O)O[C@@H]2/C=C(\C)CC/C=C(\C)C[C@H](OC(=O)/C(=C/CO)COC(=O)C(=C)[C@H](O)CO)[C@@H]12. The van der Waals surface area contributed by atoms with Crippen molar-refractivity contribution in [3.63, 3.8) is 0 Å². The summed E-state index contributed by atoms with van der Waals surface area (Å²) < 4.78 is 16.2. The summed E-state index contributed by atoms with van der Waals surface area (Å²) >= 11 is 0. The fourth-order valence-electron chi connectivity index (χ4n) is 3.74. The summed E-state index contributed by atoms with van der Waals surface area (Å²) in [6.07, 6.45) is 4.04. The molecular formula is C25H32O9. The molecule has 3 N–H and O–H groups in total. The average Bonchev–Trinajstić information content (AvgIpc) is 3.06. The molecule has 1 heterocycles. The Morgan fingerprint density at radius 2 is 1.97 bits per heavy atom. The molecule has 1 fully saturated rings. The minimum Gasteiger partial charge on any atom is -0.458 e. The second-order valence-electron chi connectivity index (χ2n) is 8.38. The number of aliphatic hydroxyl groups excluding tert-OH is 3. The van der Waals surface area contributed by atoms with E-state index in [9.17, 15) is 24.6 Å². The number of hydrogen-bond acceptors (Lipinski definition) is 9. The maximum absolute atomic E-state index is 13.0. The van der Waals surface area contributed by atoms with E-state index < -0.39 is 62.0 Å². The van der Waals surface area contributed by atoms with E-state index in [4.69, 9.17) is 19.3 Å². The fourth-order valence-corrected chi connectivity index (χ4v) is 3.74. The van der Waals surface area contributed by atoms with Gasteiger partial charge in [0.2, 0.25) is 0 Å². The van der Waals surface area contributed by atoms with Crippen LogP contribution in [0, 0.1) is 5.92 Å². The summed E-state index contributed by atoms with van der Waals surface area (Å²) in [5.74, 6) is -3.02. The summed E-state index contributed by atoms with van der Waals surface area (Å²) in [5.41, 5.74) is 1.68. The Morgan fingerprint density at radius 1 is 1.26 bits per heavy atom. The quantitative estimate of drug-likeness (QED) is 0.205. The van der Waals surface area contributed by atoms with E-state index in [-0.39, 0.29) is 16.7 Å². The van der Waals surface area contributed by atoms with Crippen LogP contribution in [0.1, 0.15) is 33.1 Å². The summed E-state index contributed by atoms with van der Waals surface area (Å²) in [5, 5.41) is 27.8. The number of esters is 3. The number of allylic oxidation sites excluding steroid dienone is 2. The lowest BCUT2D eigenvalue weighted by molar-refractivity contribution is -0.148. The highest BCUT2D eigenvalue weighted by molar-refractivity contribution is 5.93. The van der Waals surface area contributed by atoms with Crippen molar-refractivity contribution < 1.29 is 43.9 Å². The monoisotopic (exact) mass is 476 g/mol. The van der Waals surface area contributed by atoms with Crippen molar-refractivity contribution in [1.29, 1.82) is 0 Å². The van der Waals surface area contributed by atoms with E-state index in [0.29, 0.717) is 6.42 Å². The molecular weight excluding hydrogens is 444 g/mol. The highest BCUT2D eigenvalue weighted by Gasteiger charge is 2.44. The largest absolute Gasteiger partial charge is 0.458 e. The zero-order valence-electron chi connectivity index (χ0n) is 19.5. The van der Waals surface area contributed by atoms with Crippen molar-refractivity contribution in [2.45, 2.75) is 51.4 Å². The van der Waals surface area contributed by atoms with Gasteiger partial charge in [0, 0.05) is 12.0 Å². The van der Waals surface area contributed by atoms with E-state index in [1.54, 1.807) is 0 Å². The Morgan fingerprint density at radius 3 is 2.62 bits per heavy atom. The van der Waals surface area contributed by atoms with Crippen LogP contribution in [-0.4, -0.2) is 71.4 Å². The van der Waals surface area contributed by atoms with E-state index in [1.807, 2.05) is 26.0 Å². The van der Waals surface area contributed by atoms with Gasteiger partial charge >= 0.3 is 17.9 Å². The lowest BCUT2D eigenvalue weighted by Crippen LogP contribution is -2.34. The lowest BCUT2D eigenvalue weighted by Gasteiger charge is -2.27. The first-order chi connectivity index (χ1) is 16.1. The second-order valence-corrected chi connectivity index (χ2v) is 8.38. The lowest BCUT2D eigenvalue weighted by atomic mass is 9.85. The van der Waals surface area contributed by atoms with Crippen molar-refractivity contribution in [3.05, 3.63) is 59.3 Å². The highest BCUT2D eigenvalue weighted by Crippen LogP contribution is 2.36. The van der Waals surface area contributed by atoms with Crippen LogP contribution in [-0.2, 0) is 28.6 Å². The number of hydrogen-bond donors (Lipinski definition) is 3. The van der Waals surface area contributed by atoms with Gasteiger partial charge in [0.1, 0.15) is 24.9 Å². The van der Waals surface area contributed by atoms with E-state index >= 15 is 0 Å². The molecule has 34 heavy (non-hydrogen) atoms. The second kappa shape index (κ2) is 12.5. The molecule has 0 aromatic carbocycles. The molecule has 0 radical (unpaired) electrons. The van der Waals surface area contributed by atoms with Crippen molar-refractivity contribution in [2.75, 3.05) is 19.8 Å². The van der Waals surface area contributed by atoms with Crippen molar-refractivity contribution in [3.8, 4) is 0 Å². The molecule has 1 aliphatic heterocycles. The summed E-state index contributed by atoms with van der Waals surface area (Å²) in [7, 11) is 0. The first kappa shape index (κ1) is 27.2. The van der Waals surface area contributed by atoms with E-state index in [0.717, 1.165) is 30.1 Å². The van der Waals surface area contributed by atoms with E-state index in [1.165, 1.54) is 0 Å². The van der Waals surface area contributed by atoms with Crippen LogP contribution in [0.4, 0.5) is 0 Å². The average molecular weight is 477 g/mol. The molecule has 0 aromatic rings. The third kappa shape index (κ3) is 6.99. The zero-order chi connectivity index (χ0) is 25.4. The summed E-state index contributed by atoms with van der Waals surface area (Å²) in [4.78, 5) is 37.2. The maximum Gasteiger partial charge on any atom is 0.337 e. The van der Waals surface area contributed by atoms with Crippen LogP contribution in [0.2, 0.25) is 0 Å². The molecule has 1 saturated heterocycles. The van der Waals surface area contributed by atoms with Crippen molar-refractivity contribution >= 4 is 17.9 Å². The topological polar surface area (TPSA) is 140 Å². The molecule has 0 saturated carbocycles. The number of fused-ring (bicyclic) bond motifs is 1. The molecule has 2 rings (SSSR count). The maximum atomic E-state index is 13.0. The molecule has 4 atom stereocenters. The van der Waals surface area contributed by atoms with Gasteiger partial charge in [-0.25, -0.2) is 14.4 Å². The van der Waals surface area contributed by atoms with Gasteiger partial charge in [-0.2, -0.15) is 0 Å². The van der Waals surface area contributed by atoms with Crippen LogP contribution < -0.4 is 0 Å². The number of aliphatic hydroxyl groups is 3. The molecule has 0 amide bonds. The minimum atomic E-state index is -1.50. The summed E-state index contributed by atoms with van der Waals surface area (Å²) in [6, 6.07) is 0. The smallest absolute Gasteiger partial charge is 0.337 e. The molecule has 0 spiro atoms. The van der Waals surface area contributed by atoms with Crippen LogP contribution >= 0.6 is 0 Å². The van der Waals surface area contributed by atoms with Gasteiger partial charge in [-0.3, -0.25) is 0 Å². The molecule has 1 aliphatic carbocycles. The van der Waals surface area contributed by atoms with Crippen molar-refractivity contribution in [1.82, 2.24) is 0 Å². The van der Waals surface area contributed by atoms with Crippen molar-refractivity contribution in [2.24, 2.45) is 5.92 Å². The van der Waals surface area contributed by atoms with Gasteiger partial charge in [-0.15, -0.1) is 0 Å². The van der Waals surface area contributed by atoms with Crippen LogP contribution in [0.25, 0.3) is 0 Å². The molecule has 186 valence electrons. The third-order valence-corrected chi connectivity index (χ3v) is 5.72. The highest BCUT2D eigenvalue weighted by atomic mass is 16.6. The van der Waals surface area contributed by atoms with Gasteiger partial charge in [-0.05, 0) is 38.8 Å². The van der Waals surface area contributed by atoms with Gasteiger partial charge < -0.3 is 29.5 Å². The van der Waals surface area contributed by atoms with E-state index in [2.05, 4.69) is 13.2 Å². The third-order valence-electron chi connectivity index (χ3n) is 5.72. The van der Waals surface area contributed by atoms with Crippen LogP contribution in [0.15, 0.2) is 59.3 Å². The molecule has 2 aliphatic rings. The Labute approximate surface area is 198 Å². The van der Waals surface area contributed by atoms with Crippen LogP contribution in [0.3, 0.4) is 0 Å². The first-order valence-corrected chi connectivity index (χ1v) is 11.0. The molecule has 0 aromatic heterocycles. The molecule has 9 heteroatoms. The Balaban J connectivity index is 2.24. The number of carbonyl (C=O) groups excluding carboxylic acids is 3. The van der Waals surface area contributed by atoms with Gasteiger partial charge in [-0.1, -0.05) is 30.4 Å². The predicted molar refractivity (Wildman–Crippen MR) is 122 cm³/mol. The van der Waals surface area contributed by atoms with Gasteiger partial charge in [0.25, 0.3) is 0 Å². The normalized spacial score (nSPS) is 27.3.